The van der Waals surface area contributed by atoms with Crippen LogP contribution >= 0.6 is 0 Å². The maximum Gasteiger partial charge on any atom is 0.422 e. The number of nitrogens with zero attached hydrogens (tertiary/aromatic N) is 3. The predicted octanol–water partition coefficient (Wildman–Crippen LogP) is 2.56. The maximum atomic E-state index is 12.8. The summed E-state index contributed by atoms with van der Waals surface area (Å²) in [5.74, 6) is -0.540. The van der Waals surface area contributed by atoms with Crippen LogP contribution in [0.3, 0.4) is 0 Å². The number of nitrogens with one attached hydrogen (secondary N) is 1. The monoisotopic (exact) mass is 437 g/mol. The predicted molar refractivity (Wildman–Crippen MR) is 105 cm³/mol. The fraction of sp³-hybridized carbons (Fsp3) is 0.400. The zero-order valence-electron chi connectivity index (χ0n) is 17.2. The topological polar surface area (TPSA) is 110 Å². The van der Waals surface area contributed by atoms with Crippen LogP contribution in [0.5, 0.6) is 5.88 Å². The van der Waals surface area contributed by atoms with E-state index in [1.807, 2.05) is 0 Å². The van der Waals surface area contributed by atoms with Gasteiger partial charge < -0.3 is 20.7 Å². The van der Waals surface area contributed by atoms with Crippen molar-refractivity contribution < 1.29 is 27.5 Å². The number of carbonyl (C=O) groups is 2. The van der Waals surface area contributed by atoms with Gasteiger partial charge in [0, 0.05) is 35.6 Å². The number of fused-ring (bicyclic) bond motifs is 1. The molecule has 3 N–H and O–H groups in total. The number of aromatic nitrogens is 2. The van der Waals surface area contributed by atoms with Crippen molar-refractivity contribution in [2.24, 2.45) is 5.73 Å². The van der Waals surface area contributed by atoms with Gasteiger partial charge in [0.2, 0.25) is 11.8 Å². The third-order valence-corrected chi connectivity index (χ3v) is 4.57. The molecule has 0 bridgehead atoms. The Morgan fingerprint density at radius 1 is 1.32 bits per heavy atom. The molecule has 11 heteroatoms. The van der Waals surface area contributed by atoms with Gasteiger partial charge in [0.25, 0.3) is 5.91 Å². The van der Waals surface area contributed by atoms with E-state index in [1.165, 1.54) is 17.3 Å². The number of halogens is 3. The van der Waals surface area contributed by atoms with Gasteiger partial charge >= 0.3 is 6.18 Å². The minimum atomic E-state index is -4.46. The van der Waals surface area contributed by atoms with Crippen LogP contribution < -0.4 is 15.8 Å². The molecule has 0 spiro atoms. The molecule has 0 atom stereocenters. The second-order valence-corrected chi connectivity index (χ2v) is 7.89. The number of nitrogens with two attached hydrogens (primary N) is 1. The number of hydrogen-bond acceptors (Lipinski definition) is 6. The molecule has 2 aromatic heterocycles. The third-order valence-electron chi connectivity index (χ3n) is 4.57. The molecule has 0 aliphatic carbocycles. The van der Waals surface area contributed by atoms with Gasteiger partial charge in [-0.2, -0.15) is 13.2 Å². The van der Waals surface area contributed by atoms with Gasteiger partial charge in [-0.3, -0.25) is 9.59 Å². The molecule has 166 valence electrons. The molecule has 1 aliphatic rings. The minimum Gasteiger partial charge on any atom is -0.468 e. The quantitative estimate of drug-likeness (QED) is 0.719. The lowest BCUT2D eigenvalue weighted by Crippen LogP contribution is -2.45. The molecule has 3 heterocycles. The molecule has 0 saturated carbocycles. The Morgan fingerprint density at radius 3 is 2.65 bits per heavy atom. The molecule has 8 nitrogen and oxygen atoms in total. The number of anilines is 1. The zero-order chi connectivity index (χ0) is 23.0. The number of pyridine rings is 2. The molecule has 0 aromatic carbocycles. The largest absolute Gasteiger partial charge is 0.468 e. The van der Waals surface area contributed by atoms with E-state index in [0.717, 1.165) is 0 Å². The summed E-state index contributed by atoms with van der Waals surface area (Å²) < 4.78 is 41.7. The molecular weight excluding hydrogens is 415 g/mol. The van der Waals surface area contributed by atoms with Gasteiger partial charge in [-0.25, -0.2) is 9.97 Å². The van der Waals surface area contributed by atoms with E-state index in [1.54, 1.807) is 32.9 Å². The molecule has 2 amide bonds. The summed E-state index contributed by atoms with van der Waals surface area (Å²) in [6, 6.07) is 3.19. The molecule has 2 aromatic rings. The smallest absolute Gasteiger partial charge is 0.422 e. The van der Waals surface area contributed by atoms with Crippen LogP contribution in [0.1, 0.15) is 40.9 Å². The summed E-state index contributed by atoms with van der Waals surface area (Å²) in [6.07, 6.45) is -1.66. The average Bonchev–Trinajstić information content (AvgIpc) is 2.96. The van der Waals surface area contributed by atoms with Crippen molar-refractivity contribution >= 4 is 17.6 Å². The highest BCUT2D eigenvalue weighted by Gasteiger charge is 2.32. The molecular formula is C20H22F3N5O3. The molecule has 0 fully saturated rings. The first-order valence-electron chi connectivity index (χ1n) is 9.38. The van der Waals surface area contributed by atoms with E-state index in [-0.39, 0.29) is 30.7 Å². The number of alkyl halides is 3. The molecule has 1 aliphatic heterocycles. The standard InChI is InChI=1S/C20H22F3N5O3/c1-11-6-12(7-26-16(11)31-10-20(21,22)23)8-28-9-14-13(17(28)29)4-5-25-15(14)27-18(30)19(2,3)24/h4-7H,8-10,24H2,1-3H3,(H,25,27,30). The van der Waals surface area contributed by atoms with Gasteiger partial charge in [0.15, 0.2) is 6.61 Å². The van der Waals surface area contributed by atoms with Crippen molar-refractivity contribution in [3.05, 3.63) is 46.8 Å². The normalized spacial score (nSPS) is 13.9. The summed E-state index contributed by atoms with van der Waals surface area (Å²) in [4.78, 5) is 34.6. The zero-order valence-corrected chi connectivity index (χ0v) is 17.2. The summed E-state index contributed by atoms with van der Waals surface area (Å²) >= 11 is 0. The van der Waals surface area contributed by atoms with Crippen LogP contribution in [0.25, 0.3) is 0 Å². The van der Waals surface area contributed by atoms with E-state index in [0.29, 0.717) is 22.3 Å². The average molecular weight is 437 g/mol. The highest BCUT2D eigenvalue weighted by Crippen LogP contribution is 2.30. The SMILES string of the molecule is Cc1cc(CN2Cc3c(ccnc3NC(=O)C(C)(C)N)C2=O)cnc1OCC(F)(F)F. The van der Waals surface area contributed by atoms with Gasteiger partial charge in [0.1, 0.15) is 5.82 Å². The van der Waals surface area contributed by atoms with Gasteiger partial charge in [-0.15, -0.1) is 0 Å². The van der Waals surface area contributed by atoms with Crippen molar-refractivity contribution in [1.82, 2.24) is 14.9 Å². The molecule has 3 rings (SSSR count). The molecule has 0 saturated heterocycles. The first kappa shape index (κ1) is 22.5. The number of hydrogen-bond donors (Lipinski definition) is 2. The van der Waals surface area contributed by atoms with Crippen molar-refractivity contribution in [3.8, 4) is 5.88 Å². The second kappa shape index (κ2) is 8.14. The van der Waals surface area contributed by atoms with E-state index in [2.05, 4.69) is 15.3 Å². The highest BCUT2D eigenvalue weighted by atomic mass is 19.4. The Kier molecular flexibility index (Phi) is 5.90. The minimum absolute atomic E-state index is 0.115. The Balaban J connectivity index is 1.74. The fourth-order valence-corrected chi connectivity index (χ4v) is 3.02. The lowest BCUT2D eigenvalue weighted by Gasteiger charge is -2.19. The van der Waals surface area contributed by atoms with Crippen molar-refractivity contribution in [1.29, 1.82) is 0 Å². The van der Waals surface area contributed by atoms with E-state index >= 15 is 0 Å². The highest BCUT2D eigenvalue weighted by molar-refractivity contribution is 6.02. The summed E-state index contributed by atoms with van der Waals surface area (Å²) in [5.41, 5.74) is 6.71. The second-order valence-electron chi connectivity index (χ2n) is 7.89. The van der Waals surface area contributed by atoms with Crippen LogP contribution in [0, 0.1) is 6.92 Å². The lowest BCUT2D eigenvalue weighted by atomic mass is 10.1. The summed E-state index contributed by atoms with van der Waals surface area (Å²) in [7, 11) is 0. The van der Waals surface area contributed by atoms with Crippen molar-refractivity contribution in [3.63, 3.8) is 0 Å². The number of ether oxygens (including phenoxy) is 1. The van der Waals surface area contributed by atoms with Crippen LogP contribution in [0.2, 0.25) is 0 Å². The number of carbonyl (C=O) groups excluding carboxylic acids is 2. The first-order chi connectivity index (χ1) is 14.3. The lowest BCUT2D eigenvalue weighted by molar-refractivity contribution is -0.154. The Hall–Kier alpha value is -3.21. The van der Waals surface area contributed by atoms with Crippen molar-refractivity contribution in [2.45, 2.75) is 45.6 Å². The Bertz CT molecular complexity index is 1020. The van der Waals surface area contributed by atoms with Crippen LogP contribution in [0.15, 0.2) is 24.5 Å². The molecule has 31 heavy (non-hydrogen) atoms. The van der Waals surface area contributed by atoms with E-state index in [4.69, 9.17) is 10.5 Å². The van der Waals surface area contributed by atoms with Gasteiger partial charge in [-0.05, 0) is 38.5 Å². The molecule has 0 radical (unpaired) electrons. The molecule has 0 unspecified atom stereocenters. The maximum absolute atomic E-state index is 12.8. The Labute approximate surface area is 176 Å². The first-order valence-corrected chi connectivity index (χ1v) is 9.38. The number of amides is 2. The van der Waals surface area contributed by atoms with Crippen LogP contribution in [0.4, 0.5) is 19.0 Å². The van der Waals surface area contributed by atoms with Crippen LogP contribution in [-0.4, -0.2) is 45.0 Å². The van der Waals surface area contributed by atoms with E-state index in [9.17, 15) is 22.8 Å². The van der Waals surface area contributed by atoms with Gasteiger partial charge in [-0.1, -0.05) is 0 Å². The van der Waals surface area contributed by atoms with Crippen molar-refractivity contribution in [2.75, 3.05) is 11.9 Å². The summed E-state index contributed by atoms with van der Waals surface area (Å²) in [5, 5.41) is 2.66. The van der Waals surface area contributed by atoms with E-state index < -0.39 is 24.2 Å². The van der Waals surface area contributed by atoms with Crippen LogP contribution in [-0.2, 0) is 17.9 Å². The summed E-state index contributed by atoms with van der Waals surface area (Å²) in [6.45, 7) is 3.64. The number of aryl methyl sites for hydroxylation is 1. The Morgan fingerprint density at radius 2 is 2.03 bits per heavy atom. The van der Waals surface area contributed by atoms with Gasteiger partial charge in [0.05, 0.1) is 12.1 Å². The third kappa shape index (κ3) is 5.29. The fourth-order valence-electron chi connectivity index (χ4n) is 3.02. The number of rotatable bonds is 6.